The van der Waals surface area contributed by atoms with Gasteiger partial charge in [-0.05, 0) is 25.7 Å². The molecule has 3 aliphatic heterocycles. The molecule has 1 atom stereocenters. The van der Waals surface area contributed by atoms with Gasteiger partial charge >= 0.3 is 6.03 Å². The van der Waals surface area contributed by atoms with E-state index >= 15 is 0 Å². The minimum absolute atomic E-state index is 0.122. The predicted octanol–water partition coefficient (Wildman–Crippen LogP) is 0.187. The van der Waals surface area contributed by atoms with Crippen LogP contribution in [0.5, 0.6) is 0 Å². The van der Waals surface area contributed by atoms with E-state index in [1.54, 1.807) is 13.2 Å². The molecule has 5 rings (SSSR count). The van der Waals surface area contributed by atoms with E-state index in [0.29, 0.717) is 32.0 Å². The Balaban J connectivity index is 1.33. The largest absolute Gasteiger partial charge is 0.352 e. The maximum Gasteiger partial charge on any atom is 0.332 e. The standard InChI is InChI=1S/C23H30N6O4/c1-26-20-19(22(32)29(23(26)33)14-18(30)25-16-4-2-3-5-16)17(8-9-24-20)27-10-12-28(13-11-27)21(31)15-6-7-15/h8-9,15-16,19H,2-7,10-14H2,1H3/p+1. The number of imide groups is 1. The Morgan fingerprint density at radius 3 is 2.48 bits per heavy atom. The van der Waals surface area contributed by atoms with Crippen molar-refractivity contribution in [3.63, 3.8) is 0 Å². The molecule has 0 radical (unpaired) electrons. The van der Waals surface area contributed by atoms with E-state index in [2.05, 4.69) is 14.9 Å². The van der Waals surface area contributed by atoms with E-state index in [1.165, 1.54) is 4.90 Å². The van der Waals surface area contributed by atoms with Crippen LogP contribution in [0.15, 0.2) is 17.3 Å². The van der Waals surface area contributed by atoms with Crippen LogP contribution in [0.25, 0.3) is 0 Å². The van der Waals surface area contributed by atoms with Crippen LogP contribution < -0.4 is 5.32 Å². The van der Waals surface area contributed by atoms with Gasteiger partial charge in [0.2, 0.25) is 11.8 Å². The van der Waals surface area contributed by atoms with Crippen molar-refractivity contribution in [1.29, 1.82) is 0 Å². The van der Waals surface area contributed by atoms with Crippen molar-refractivity contribution in [2.75, 3.05) is 39.8 Å². The molecular formula is C23H31N6O4+. The van der Waals surface area contributed by atoms with Crippen LogP contribution >= 0.6 is 0 Å². The second-order valence-corrected chi connectivity index (χ2v) is 9.56. The number of nitrogens with one attached hydrogen (secondary N) is 1. The maximum absolute atomic E-state index is 13.5. The Bertz CT molecular complexity index is 965. The molecule has 0 spiro atoms. The number of fused-ring (bicyclic) bond motifs is 1. The maximum atomic E-state index is 13.5. The quantitative estimate of drug-likeness (QED) is 0.611. The SMILES string of the molecule is CN1C(=O)N(CC(=O)NC2CCCC2)C(=O)C2C1=NC=CC2=[N+]1CCN(C(=O)C2CC2)CC1. The average molecular weight is 456 g/mol. The Kier molecular flexibility index (Phi) is 5.76. The van der Waals surface area contributed by atoms with Crippen LogP contribution in [0.1, 0.15) is 38.5 Å². The molecule has 2 saturated carbocycles. The highest BCUT2D eigenvalue weighted by molar-refractivity contribution is 6.31. The summed E-state index contributed by atoms with van der Waals surface area (Å²) in [7, 11) is 1.59. The number of allylic oxidation sites excluding steroid dienone is 1. The van der Waals surface area contributed by atoms with Gasteiger partial charge in [-0.2, -0.15) is 0 Å². The zero-order valence-electron chi connectivity index (χ0n) is 19.0. The van der Waals surface area contributed by atoms with E-state index < -0.39 is 17.9 Å². The van der Waals surface area contributed by atoms with Crippen LogP contribution in [-0.2, 0) is 14.4 Å². The van der Waals surface area contributed by atoms with E-state index in [-0.39, 0.29) is 30.3 Å². The van der Waals surface area contributed by atoms with Gasteiger partial charge in [0.05, 0.1) is 13.1 Å². The van der Waals surface area contributed by atoms with Crippen molar-refractivity contribution < 1.29 is 23.8 Å². The molecule has 5 aliphatic rings. The molecule has 0 bridgehead atoms. The third-order valence-electron chi connectivity index (χ3n) is 7.29. The van der Waals surface area contributed by atoms with Gasteiger partial charge in [-0.25, -0.2) is 14.4 Å². The summed E-state index contributed by atoms with van der Waals surface area (Å²) in [5, 5.41) is 2.96. The number of hydrogen-bond acceptors (Lipinski definition) is 5. The van der Waals surface area contributed by atoms with Gasteiger partial charge < -0.3 is 10.2 Å². The summed E-state index contributed by atoms with van der Waals surface area (Å²) in [4.78, 5) is 60.0. The number of amidine groups is 1. The molecule has 5 amide bonds. The second-order valence-electron chi connectivity index (χ2n) is 9.56. The summed E-state index contributed by atoms with van der Waals surface area (Å²) < 4.78 is 2.10. The van der Waals surface area contributed by atoms with E-state index in [0.717, 1.165) is 49.1 Å². The monoisotopic (exact) mass is 455 g/mol. The topological polar surface area (TPSA) is 105 Å². The fraction of sp³-hybridized carbons (Fsp3) is 0.652. The number of rotatable bonds is 4. The lowest BCUT2D eigenvalue weighted by molar-refractivity contribution is -0.539. The van der Waals surface area contributed by atoms with Gasteiger partial charge in [0.1, 0.15) is 12.4 Å². The molecular weight excluding hydrogens is 424 g/mol. The Morgan fingerprint density at radius 2 is 1.82 bits per heavy atom. The molecule has 2 saturated heterocycles. The Morgan fingerprint density at radius 1 is 1.12 bits per heavy atom. The highest BCUT2D eigenvalue weighted by Gasteiger charge is 2.49. The fourth-order valence-electron chi connectivity index (χ4n) is 5.23. The lowest BCUT2D eigenvalue weighted by atomic mass is 9.94. The van der Waals surface area contributed by atoms with Crippen molar-refractivity contribution in [3.05, 3.63) is 12.3 Å². The highest BCUT2D eigenvalue weighted by Crippen LogP contribution is 2.31. The minimum atomic E-state index is -0.734. The molecule has 1 unspecified atom stereocenters. The van der Waals surface area contributed by atoms with Crippen molar-refractivity contribution in [2.24, 2.45) is 16.8 Å². The smallest absolute Gasteiger partial charge is 0.332 e. The zero-order chi connectivity index (χ0) is 23.1. The third kappa shape index (κ3) is 4.18. The number of urea groups is 1. The van der Waals surface area contributed by atoms with Crippen LogP contribution in [0.3, 0.4) is 0 Å². The molecule has 10 heteroatoms. The number of aliphatic imine (C=N–C) groups is 1. The van der Waals surface area contributed by atoms with Gasteiger partial charge in [0.15, 0.2) is 24.7 Å². The number of carbonyl (C=O) groups is 4. The van der Waals surface area contributed by atoms with E-state index in [4.69, 9.17) is 0 Å². The van der Waals surface area contributed by atoms with Crippen LogP contribution in [0, 0.1) is 11.8 Å². The molecule has 1 N–H and O–H groups in total. The predicted molar refractivity (Wildman–Crippen MR) is 120 cm³/mol. The summed E-state index contributed by atoms with van der Waals surface area (Å²) in [6.07, 6.45) is 9.44. The summed E-state index contributed by atoms with van der Waals surface area (Å²) in [5.41, 5.74) is 0.768. The molecule has 2 aliphatic carbocycles. The Hall–Kier alpha value is -3.04. The first kappa shape index (κ1) is 21.8. The first-order valence-electron chi connectivity index (χ1n) is 12.0. The number of amides is 5. The number of nitrogens with zero attached hydrogens (tertiary/aromatic N) is 5. The van der Waals surface area contributed by atoms with Crippen molar-refractivity contribution in [1.82, 2.24) is 20.0 Å². The third-order valence-corrected chi connectivity index (χ3v) is 7.29. The molecule has 0 aromatic carbocycles. The molecule has 4 fully saturated rings. The first-order valence-corrected chi connectivity index (χ1v) is 12.0. The van der Waals surface area contributed by atoms with Crippen LogP contribution in [0.4, 0.5) is 4.79 Å². The fourth-order valence-corrected chi connectivity index (χ4v) is 5.23. The van der Waals surface area contributed by atoms with Crippen LogP contribution in [0.2, 0.25) is 0 Å². The molecule has 33 heavy (non-hydrogen) atoms. The van der Waals surface area contributed by atoms with Gasteiger partial charge in [-0.1, -0.05) is 12.8 Å². The summed E-state index contributed by atoms with van der Waals surface area (Å²) >= 11 is 0. The molecule has 0 aromatic rings. The normalized spacial score (nSPS) is 26.0. The van der Waals surface area contributed by atoms with Gasteiger partial charge in [-0.3, -0.25) is 24.2 Å². The number of hydrogen-bond donors (Lipinski definition) is 1. The lowest BCUT2D eigenvalue weighted by Gasteiger charge is -2.37. The molecule has 176 valence electrons. The number of piperazine rings is 1. The van der Waals surface area contributed by atoms with Crippen LogP contribution in [-0.4, -0.2) is 100 Å². The van der Waals surface area contributed by atoms with Crippen molar-refractivity contribution in [2.45, 2.75) is 44.6 Å². The summed E-state index contributed by atoms with van der Waals surface area (Å²) in [6, 6.07) is -0.414. The zero-order valence-corrected chi connectivity index (χ0v) is 19.0. The van der Waals surface area contributed by atoms with Gasteiger partial charge in [0.25, 0.3) is 5.91 Å². The summed E-state index contributed by atoms with van der Waals surface area (Å²) in [5.74, 6) is -0.651. The average Bonchev–Trinajstić information content (AvgIpc) is 3.56. The molecule has 0 aromatic heterocycles. The lowest BCUT2D eigenvalue weighted by Crippen LogP contribution is -2.63. The van der Waals surface area contributed by atoms with Gasteiger partial charge in [0, 0.05) is 31.3 Å². The molecule has 3 heterocycles. The molecule has 10 nitrogen and oxygen atoms in total. The van der Waals surface area contributed by atoms with Crippen molar-refractivity contribution in [3.8, 4) is 0 Å². The number of carbonyl (C=O) groups excluding carboxylic acids is 4. The van der Waals surface area contributed by atoms with Gasteiger partial charge in [-0.15, -0.1) is 0 Å². The minimum Gasteiger partial charge on any atom is -0.352 e. The highest BCUT2D eigenvalue weighted by atomic mass is 16.2. The Labute approximate surface area is 193 Å². The van der Waals surface area contributed by atoms with Crippen molar-refractivity contribution >= 4 is 35.3 Å². The first-order chi connectivity index (χ1) is 15.9. The second kappa shape index (κ2) is 8.72. The summed E-state index contributed by atoms with van der Waals surface area (Å²) in [6.45, 7) is 2.18. The van der Waals surface area contributed by atoms with E-state index in [1.807, 2.05) is 11.0 Å². The van der Waals surface area contributed by atoms with E-state index in [9.17, 15) is 19.2 Å².